The number of fused-ring (bicyclic) bond motifs is 1. The van der Waals surface area contributed by atoms with Gasteiger partial charge >= 0.3 is 0 Å². The number of hydrogen-bond donors (Lipinski definition) is 2. The van der Waals surface area contributed by atoms with E-state index in [4.69, 9.17) is 5.73 Å². The van der Waals surface area contributed by atoms with Gasteiger partial charge < -0.3 is 16.0 Å². The van der Waals surface area contributed by atoms with E-state index < -0.39 is 6.04 Å². The van der Waals surface area contributed by atoms with E-state index >= 15 is 0 Å². The second-order valence-electron chi connectivity index (χ2n) is 5.99. The fraction of sp³-hybridized carbons (Fsp3) is 0.412. The Bertz CT molecular complexity index is 702. The van der Waals surface area contributed by atoms with Crippen LogP contribution in [0.1, 0.15) is 19.4 Å². The summed E-state index contributed by atoms with van der Waals surface area (Å²) in [5.41, 5.74) is 6.88. The zero-order chi connectivity index (χ0) is 17.0. The minimum Gasteiger partial charge on any atom is -0.346 e. The molecule has 1 atom stereocenters. The molecule has 0 saturated carbocycles. The summed E-state index contributed by atoms with van der Waals surface area (Å²) in [6, 6.07) is 7.54. The molecular formula is C17H24ClN3O2S. The smallest absolute Gasteiger partial charge is 0.242 e. The molecule has 0 unspecified atom stereocenters. The zero-order valence-electron chi connectivity index (χ0n) is 14.1. The molecule has 7 heteroatoms. The number of benzene rings is 1. The number of amides is 2. The first kappa shape index (κ1) is 20.4. The molecule has 3 N–H and O–H groups in total. The van der Waals surface area contributed by atoms with Gasteiger partial charge in [-0.1, -0.05) is 32.0 Å². The van der Waals surface area contributed by atoms with Crippen molar-refractivity contribution in [3.8, 4) is 0 Å². The van der Waals surface area contributed by atoms with E-state index in [9.17, 15) is 9.59 Å². The Morgan fingerprint density at radius 1 is 1.29 bits per heavy atom. The van der Waals surface area contributed by atoms with Gasteiger partial charge in [-0.25, -0.2) is 0 Å². The molecule has 1 heterocycles. The van der Waals surface area contributed by atoms with Crippen LogP contribution in [0.15, 0.2) is 29.6 Å². The molecule has 2 rings (SSSR count). The minimum atomic E-state index is -0.589. The maximum absolute atomic E-state index is 12.2. The number of hydrogen-bond acceptors (Lipinski definition) is 4. The van der Waals surface area contributed by atoms with Gasteiger partial charge in [-0.05, 0) is 28.3 Å². The molecule has 0 fully saturated rings. The molecular weight excluding hydrogens is 346 g/mol. The molecule has 2 aromatic rings. The Labute approximate surface area is 152 Å². The van der Waals surface area contributed by atoms with Crippen molar-refractivity contribution in [2.24, 2.45) is 11.7 Å². The van der Waals surface area contributed by atoms with Crippen molar-refractivity contribution in [2.75, 3.05) is 13.6 Å². The van der Waals surface area contributed by atoms with Gasteiger partial charge in [-0.3, -0.25) is 9.59 Å². The van der Waals surface area contributed by atoms with Gasteiger partial charge in [0.05, 0.1) is 12.6 Å². The molecule has 5 nitrogen and oxygen atoms in total. The van der Waals surface area contributed by atoms with E-state index in [1.807, 2.05) is 26.0 Å². The SMILES string of the molecule is CC(C)[C@H](N)C(=O)NCC(=O)N(C)Cc1csc2ccccc12.Cl. The van der Waals surface area contributed by atoms with Gasteiger partial charge in [0.25, 0.3) is 0 Å². The lowest BCUT2D eigenvalue weighted by atomic mass is 10.1. The van der Waals surface area contributed by atoms with Crippen LogP contribution in [0, 0.1) is 5.92 Å². The summed E-state index contributed by atoms with van der Waals surface area (Å²) in [5.74, 6) is -0.382. The van der Waals surface area contributed by atoms with Gasteiger partial charge in [0.1, 0.15) is 0 Å². The predicted octanol–water partition coefficient (Wildman–Crippen LogP) is 2.38. The van der Waals surface area contributed by atoms with Crippen LogP contribution < -0.4 is 11.1 Å². The molecule has 0 spiro atoms. The van der Waals surface area contributed by atoms with Gasteiger partial charge in [0.2, 0.25) is 11.8 Å². The Hall–Kier alpha value is -1.63. The van der Waals surface area contributed by atoms with Crippen molar-refractivity contribution in [3.05, 3.63) is 35.2 Å². The first-order valence-corrected chi connectivity index (χ1v) is 8.50. The van der Waals surface area contributed by atoms with Crippen LogP contribution in [0.25, 0.3) is 10.1 Å². The number of nitrogens with zero attached hydrogens (tertiary/aromatic N) is 1. The van der Waals surface area contributed by atoms with Crippen LogP contribution in [0.2, 0.25) is 0 Å². The van der Waals surface area contributed by atoms with Gasteiger partial charge in [0.15, 0.2) is 0 Å². The fourth-order valence-electron chi connectivity index (χ4n) is 2.22. The summed E-state index contributed by atoms with van der Waals surface area (Å²) in [6.07, 6.45) is 0. The summed E-state index contributed by atoms with van der Waals surface area (Å²) in [6.45, 7) is 4.24. The Morgan fingerprint density at radius 3 is 2.62 bits per heavy atom. The highest BCUT2D eigenvalue weighted by Crippen LogP contribution is 2.26. The Balaban J connectivity index is 0.00000288. The highest BCUT2D eigenvalue weighted by Gasteiger charge is 2.19. The molecule has 0 radical (unpaired) electrons. The third-order valence-electron chi connectivity index (χ3n) is 3.83. The number of nitrogens with one attached hydrogen (secondary N) is 1. The van der Waals surface area contributed by atoms with E-state index in [1.165, 1.54) is 10.1 Å². The van der Waals surface area contributed by atoms with E-state index in [2.05, 4.69) is 22.8 Å². The third-order valence-corrected chi connectivity index (χ3v) is 4.84. The molecule has 0 aliphatic rings. The lowest BCUT2D eigenvalue weighted by molar-refractivity contribution is -0.132. The van der Waals surface area contributed by atoms with Crippen LogP contribution in [0.4, 0.5) is 0 Å². The molecule has 0 saturated heterocycles. The summed E-state index contributed by atoms with van der Waals surface area (Å²) < 4.78 is 1.21. The molecule has 2 amide bonds. The maximum Gasteiger partial charge on any atom is 0.242 e. The van der Waals surface area contributed by atoms with E-state index in [0.29, 0.717) is 6.54 Å². The van der Waals surface area contributed by atoms with E-state index in [1.54, 1.807) is 23.3 Å². The first-order chi connectivity index (χ1) is 10.9. The fourth-order valence-corrected chi connectivity index (χ4v) is 3.17. The lowest BCUT2D eigenvalue weighted by Gasteiger charge is -2.19. The number of carbonyl (C=O) groups excluding carboxylic acids is 2. The van der Waals surface area contributed by atoms with E-state index in [0.717, 1.165) is 5.56 Å². The average Bonchev–Trinajstić information content (AvgIpc) is 2.94. The normalized spacial score (nSPS) is 11.9. The molecule has 24 heavy (non-hydrogen) atoms. The molecule has 1 aromatic heterocycles. The highest BCUT2D eigenvalue weighted by molar-refractivity contribution is 7.17. The number of rotatable bonds is 6. The first-order valence-electron chi connectivity index (χ1n) is 7.62. The summed E-state index contributed by atoms with van der Waals surface area (Å²) in [7, 11) is 1.74. The van der Waals surface area contributed by atoms with Crippen molar-refractivity contribution in [2.45, 2.75) is 26.4 Å². The van der Waals surface area contributed by atoms with Gasteiger partial charge in [-0.2, -0.15) is 0 Å². The van der Waals surface area contributed by atoms with Crippen LogP contribution in [-0.4, -0.2) is 36.3 Å². The quantitative estimate of drug-likeness (QED) is 0.820. The van der Waals surface area contributed by atoms with Crippen molar-refractivity contribution in [1.29, 1.82) is 0 Å². The summed E-state index contributed by atoms with van der Waals surface area (Å²) >= 11 is 1.67. The minimum absolute atomic E-state index is 0. The van der Waals surface area contributed by atoms with Crippen molar-refractivity contribution >= 4 is 45.6 Å². The Kier molecular flexibility index (Phi) is 7.66. The van der Waals surface area contributed by atoms with Crippen molar-refractivity contribution < 1.29 is 9.59 Å². The van der Waals surface area contributed by atoms with Crippen LogP contribution >= 0.6 is 23.7 Å². The number of nitrogens with two attached hydrogens (primary N) is 1. The Morgan fingerprint density at radius 2 is 1.96 bits per heavy atom. The van der Waals surface area contributed by atoms with Crippen molar-refractivity contribution in [3.63, 3.8) is 0 Å². The number of carbonyl (C=O) groups is 2. The number of likely N-dealkylation sites (N-methyl/N-ethyl adjacent to an activating group) is 1. The largest absolute Gasteiger partial charge is 0.346 e. The average molecular weight is 370 g/mol. The predicted molar refractivity (Wildman–Crippen MR) is 101 cm³/mol. The molecule has 132 valence electrons. The lowest BCUT2D eigenvalue weighted by Crippen LogP contribution is -2.47. The molecule has 1 aromatic carbocycles. The molecule has 0 aliphatic carbocycles. The second kappa shape index (κ2) is 9.01. The molecule has 0 bridgehead atoms. The molecule has 0 aliphatic heterocycles. The van der Waals surface area contributed by atoms with Gasteiger partial charge in [-0.15, -0.1) is 23.7 Å². The second-order valence-corrected chi connectivity index (χ2v) is 6.91. The maximum atomic E-state index is 12.2. The van der Waals surface area contributed by atoms with Gasteiger partial charge in [0, 0.05) is 18.3 Å². The van der Waals surface area contributed by atoms with Crippen LogP contribution in [0.5, 0.6) is 0 Å². The topological polar surface area (TPSA) is 75.4 Å². The summed E-state index contributed by atoms with van der Waals surface area (Å²) in [4.78, 5) is 25.6. The van der Waals surface area contributed by atoms with Crippen molar-refractivity contribution in [1.82, 2.24) is 10.2 Å². The monoisotopic (exact) mass is 369 g/mol. The summed E-state index contributed by atoms with van der Waals surface area (Å²) in [5, 5.41) is 5.85. The zero-order valence-corrected chi connectivity index (χ0v) is 15.7. The third kappa shape index (κ3) is 4.93. The highest BCUT2D eigenvalue weighted by atomic mass is 35.5. The van der Waals surface area contributed by atoms with Crippen LogP contribution in [0.3, 0.4) is 0 Å². The van der Waals surface area contributed by atoms with E-state index in [-0.39, 0.29) is 36.7 Å². The number of halogens is 1. The standard InChI is InChI=1S/C17H23N3O2S.ClH/c1-11(2)16(18)17(22)19-8-15(21)20(3)9-12-10-23-14-7-5-4-6-13(12)14;/h4-7,10-11,16H,8-9,18H2,1-3H3,(H,19,22);1H/t16-;/m0./s1. The van der Waals surface area contributed by atoms with Crippen LogP contribution in [-0.2, 0) is 16.1 Å². The number of thiophene rings is 1.